The van der Waals surface area contributed by atoms with Gasteiger partial charge in [0.1, 0.15) is 34.6 Å². The Morgan fingerprint density at radius 2 is 1.22 bits per heavy atom. The Bertz CT molecular complexity index is 1680. The van der Waals surface area contributed by atoms with E-state index in [9.17, 15) is 30.7 Å². The van der Waals surface area contributed by atoms with E-state index in [2.05, 4.69) is 11.3 Å². The van der Waals surface area contributed by atoms with Gasteiger partial charge >= 0.3 is 6.11 Å². The molecule has 1 fully saturated rings. The van der Waals surface area contributed by atoms with Gasteiger partial charge in [-0.05, 0) is 110 Å². The van der Waals surface area contributed by atoms with Gasteiger partial charge in [0.25, 0.3) is 0 Å². The normalized spacial score (nSPS) is 16.9. The molecule has 0 N–H and O–H groups in total. The highest BCUT2D eigenvalue weighted by atomic mass is 19.3. The van der Waals surface area contributed by atoms with Crippen molar-refractivity contribution in [3.63, 3.8) is 0 Å². The first-order valence-electron chi connectivity index (χ1n) is 14.3. The van der Waals surface area contributed by atoms with Crippen LogP contribution in [0.2, 0.25) is 0 Å². The fourth-order valence-electron chi connectivity index (χ4n) is 5.86. The Kier molecular flexibility index (Phi) is 9.32. The van der Waals surface area contributed by atoms with Crippen LogP contribution in [0.1, 0.15) is 55.6 Å². The summed E-state index contributed by atoms with van der Waals surface area (Å²) < 4.78 is 135. The van der Waals surface area contributed by atoms with E-state index in [1.54, 1.807) is 0 Å². The van der Waals surface area contributed by atoms with Gasteiger partial charge in [0.05, 0.1) is 0 Å². The summed E-state index contributed by atoms with van der Waals surface area (Å²) in [6.45, 7) is 3.71. The van der Waals surface area contributed by atoms with Crippen LogP contribution in [0.4, 0.5) is 39.5 Å². The van der Waals surface area contributed by atoms with Crippen molar-refractivity contribution in [2.24, 2.45) is 5.92 Å². The van der Waals surface area contributed by atoms with Gasteiger partial charge in [0.2, 0.25) is 0 Å². The van der Waals surface area contributed by atoms with Gasteiger partial charge in [0, 0.05) is 17.2 Å². The van der Waals surface area contributed by atoms with Crippen molar-refractivity contribution in [2.45, 2.75) is 50.6 Å². The van der Waals surface area contributed by atoms with E-state index in [1.165, 1.54) is 6.07 Å². The molecule has 1 nitrogen and oxygen atoms in total. The van der Waals surface area contributed by atoms with Gasteiger partial charge in [0.15, 0.2) is 17.5 Å². The van der Waals surface area contributed by atoms with Crippen molar-refractivity contribution >= 4 is 0 Å². The predicted octanol–water partition coefficient (Wildman–Crippen LogP) is 11.4. The number of halogens is 9. The summed E-state index contributed by atoms with van der Waals surface area (Å²) in [7, 11) is 0. The maximum Gasteiger partial charge on any atom is 0.432 e. The zero-order chi connectivity index (χ0) is 32.5. The highest BCUT2D eigenvalue weighted by Gasteiger charge is 2.42. The standard InChI is InChI=1S/C35H27F9O/c1-2-3-4-19-5-7-20(8-6-19)22-14-29(38)33(30(39)15-22)35(43,44)45-24-10-12-25(28(37)18-24)21-9-11-26(27(36)13-21)23-16-31(40)34(42)32(41)17-23/h2,9-20H,1,3-8H2. The Morgan fingerprint density at radius 1 is 0.667 bits per heavy atom. The van der Waals surface area contributed by atoms with Crippen molar-refractivity contribution in [1.82, 2.24) is 0 Å². The number of allylic oxidation sites excluding steroid dienone is 1. The smallest absolute Gasteiger partial charge is 0.429 e. The van der Waals surface area contributed by atoms with Crippen molar-refractivity contribution in [3.05, 3.63) is 125 Å². The maximum absolute atomic E-state index is 15.0. The Morgan fingerprint density at radius 3 is 1.80 bits per heavy atom. The van der Waals surface area contributed by atoms with Gasteiger partial charge in [-0.25, -0.2) is 30.7 Å². The van der Waals surface area contributed by atoms with E-state index in [1.807, 2.05) is 6.08 Å². The molecule has 0 aromatic heterocycles. The van der Waals surface area contributed by atoms with Crippen molar-refractivity contribution in [2.75, 3.05) is 0 Å². The summed E-state index contributed by atoms with van der Waals surface area (Å²) in [6, 6.07) is 8.55. The van der Waals surface area contributed by atoms with Gasteiger partial charge in [-0.1, -0.05) is 18.2 Å². The Hall–Kier alpha value is -4.21. The molecule has 45 heavy (non-hydrogen) atoms. The molecule has 0 radical (unpaired) electrons. The van der Waals surface area contributed by atoms with E-state index < -0.39 is 58.1 Å². The lowest BCUT2D eigenvalue weighted by atomic mass is 9.77. The maximum atomic E-state index is 15.0. The Labute approximate surface area is 254 Å². The zero-order valence-corrected chi connectivity index (χ0v) is 23.8. The van der Waals surface area contributed by atoms with Crippen LogP contribution in [-0.4, -0.2) is 0 Å². The van der Waals surface area contributed by atoms with Crippen LogP contribution in [-0.2, 0) is 6.11 Å². The van der Waals surface area contributed by atoms with Crippen LogP contribution < -0.4 is 4.74 Å². The van der Waals surface area contributed by atoms with Crippen LogP contribution >= 0.6 is 0 Å². The molecule has 0 bridgehead atoms. The van der Waals surface area contributed by atoms with E-state index in [-0.39, 0.29) is 33.7 Å². The fraction of sp³-hybridized carbons (Fsp3) is 0.257. The lowest BCUT2D eigenvalue weighted by Crippen LogP contribution is -2.25. The topological polar surface area (TPSA) is 9.23 Å². The number of ether oxygens (including phenoxy) is 1. The molecule has 4 aromatic rings. The van der Waals surface area contributed by atoms with E-state index in [0.29, 0.717) is 37.0 Å². The van der Waals surface area contributed by atoms with Crippen LogP contribution in [0.5, 0.6) is 5.75 Å². The molecule has 0 atom stereocenters. The quantitative estimate of drug-likeness (QED) is 0.101. The van der Waals surface area contributed by atoms with E-state index in [0.717, 1.165) is 62.1 Å². The molecular weight excluding hydrogens is 607 g/mol. The highest BCUT2D eigenvalue weighted by molar-refractivity contribution is 5.72. The van der Waals surface area contributed by atoms with Crippen molar-refractivity contribution < 1.29 is 44.3 Å². The molecule has 0 aliphatic heterocycles. The molecule has 5 rings (SSSR count). The summed E-state index contributed by atoms with van der Waals surface area (Å²) in [6.07, 6.45) is 2.26. The predicted molar refractivity (Wildman–Crippen MR) is 152 cm³/mol. The summed E-state index contributed by atoms with van der Waals surface area (Å²) in [5.74, 6) is -10.4. The molecule has 1 aliphatic rings. The van der Waals surface area contributed by atoms with Crippen LogP contribution in [0.15, 0.2) is 73.3 Å². The Balaban J connectivity index is 1.32. The molecule has 0 unspecified atom stereocenters. The number of hydrogen-bond donors (Lipinski definition) is 0. The molecule has 0 spiro atoms. The number of hydrogen-bond acceptors (Lipinski definition) is 1. The summed E-state index contributed by atoms with van der Waals surface area (Å²) >= 11 is 0. The van der Waals surface area contributed by atoms with Crippen molar-refractivity contribution in [3.8, 4) is 28.0 Å². The number of alkyl halides is 2. The summed E-state index contributed by atoms with van der Waals surface area (Å²) in [5, 5.41) is 0. The number of rotatable bonds is 9. The third-order valence-corrected chi connectivity index (χ3v) is 8.21. The van der Waals surface area contributed by atoms with Gasteiger partial charge < -0.3 is 4.74 Å². The van der Waals surface area contributed by atoms with E-state index in [4.69, 9.17) is 0 Å². The summed E-state index contributed by atoms with van der Waals surface area (Å²) in [4.78, 5) is 0. The first kappa shape index (κ1) is 32.2. The first-order chi connectivity index (χ1) is 21.4. The molecule has 0 amide bonds. The lowest BCUT2D eigenvalue weighted by molar-refractivity contribution is -0.189. The molecule has 1 aliphatic carbocycles. The highest BCUT2D eigenvalue weighted by Crippen LogP contribution is 2.41. The zero-order valence-electron chi connectivity index (χ0n) is 23.8. The molecule has 0 heterocycles. The van der Waals surface area contributed by atoms with Crippen molar-refractivity contribution in [1.29, 1.82) is 0 Å². The molecule has 4 aromatic carbocycles. The molecule has 0 saturated heterocycles. The number of benzene rings is 4. The average molecular weight is 635 g/mol. The minimum absolute atomic E-state index is 0.0717. The monoisotopic (exact) mass is 634 g/mol. The largest absolute Gasteiger partial charge is 0.432 e. The molecule has 1 saturated carbocycles. The second-order valence-electron chi connectivity index (χ2n) is 11.2. The van der Waals surface area contributed by atoms with Gasteiger partial charge in [-0.3, -0.25) is 0 Å². The minimum atomic E-state index is -4.50. The molecule has 10 heteroatoms. The first-order valence-corrected chi connectivity index (χ1v) is 14.3. The SMILES string of the molecule is C=CCCC1CCC(c2cc(F)c(C(F)(F)Oc3ccc(-c4ccc(-c5cc(F)c(F)c(F)c5)c(F)c4)c(F)c3)c(F)c2)CC1. The van der Waals surface area contributed by atoms with Gasteiger partial charge in [-0.2, -0.15) is 8.78 Å². The molecular formula is C35H27F9O. The second-order valence-corrected chi connectivity index (χ2v) is 11.2. The fourth-order valence-corrected chi connectivity index (χ4v) is 5.86. The third-order valence-electron chi connectivity index (χ3n) is 8.21. The van der Waals surface area contributed by atoms with Crippen LogP contribution in [0, 0.1) is 46.6 Å². The minimum Gasteiger partial charge on any atom is -0.429 e. The third kappa shape index (κ3) is 6.89. The second kappa shape index (κ2) is 13.0. The molecule has 236 valence electrons. The van der Waals surface area contributed by atoms with Crippen LogP contribution in [0.25, 0.3) is 22.3 Å². The lowest BCUT2D eigenvalue weighted by Gasteiger charge is -2.29. The van der Waals surface area contributed by atoms with E-state index >= 15 is 8.78 Å². The summed E-state index contributed by atoms with van der Waals surface area (Å²) in [5.41, 5.74) is -2.26. The van der Waals surface area contributed by atoms with Gasteiger partial charge in [-0.15, -0.1) is 6.58 Å². The average Bonchev–Trinajstić information content (AvgIpc) is 2.98. The van der Waals surface area contributed by atoms with Crippen LogP contribution in [0.3, 0.4) is 0 Å².